The summed E-state index contributed by atoms with van der Waals surface area (Å²) in [5.41, 5.74) is -0.178. The van der Waals surface area contributed by atoms with Crippen LogP contribution in [0.15, 0.2) is 24.3 Å². The molecule has 1 unspecified atom stereocenters. The van der Waals surface area contributed by atoms with Crippen LogP contribution >= 0.6 is 0 Å². The van der Waals surface area contributed by atoms with Gasteiger partial charge in [0.1, 0.15) is 6.54 Å². The molecule has 1 aromatic rings. The van der Waals surface area contributed by atoms with Crippen LogP contribution < -0.4 is 5.11 Å². The Morgan fingerprint density at radius 1 is 0.683 bits per heavy atom. The van der Waals surface area contributed by atoms with E-state index in [-0.39, 0.29) is 5.56 Å². The first-order chi connectivity index (χ1) is 19.7. The normalized spacial score (nSPS) is 12.0. The summed E-state index contributed by atoms with van der Waals surface area (Å²) in [6.07, 6.45) is 27.5. The predicted molar refractivity (Wildman–Crippen MR) is 173 cm³/mol. The Bertz CT molecular complexity index is 777. The van der Waals surface area contributed by atoms with E-state index < -0.39 is 11.7 Å². The fraction of sp³-hybridized carbons (Fsp3) is 0.778. The summed E-state index contributed by atoms with van der Waals surface area (Å²) in [7, 11) is 4.63. The van der Waals surface area contributed by atoms with Gasteiger partial charge in [-0.15, -0.1) is 0 Å². The lowest BCUT2D eigenvalue weighted by Gasteiger charge is -2.38. The molecule has 1 aromatic carbocycles. The molecule has 0 aliphatic carbocycles. The molecular formula is C36H65NO4. The Hall–Kier alpha value is -1.88. The molecule has 0 saturated heterocycles. The number of carbonyl (C=O) groups excluding carboxylic acids is 1. The number of rotatable bonds is 25. The van der Waals surface area contributed by atoms with Crippen molar-refractivity contribution in [2.75, 3.05) is 20.6 Å². The van der Waals surface area contributed by atoms with E-state index in [1.54, 1.807) is 0 Å². The monoisotopic (exact) mass is 575 g/mol. The number of benzene rings is 1. The van der Waals surface area contributed by atoms with Gasteiger partial charge in [-0.05, 0) is 38.2 Å². The molecule has 0 aliphatic rings. The standard InChI is InChI=1S/C29H60NO.C7H6O3/c1-6-9-12-14-16-17-19-20-22-25-28(24-11-8-3)30(4,5)27-29(31)26-23-21-18-15-13-10-7-2;8-6-4-2-1-3-5(6)7(9)10/h28H,6-27H2,1-5H3;1-4,8H,(H,9,10)/q+1;/p-1. The smallest absolute Gasteiger partial charge is 0.335 e. The lowest BCUT2D eigenvalue weighted by Crippen LogP contribution is -2.51. The number of carboxylic acid groups (broad SMARTS) is 1. The van der Waals surface area contributed by atoms with Crippen LogP contribution in [-0.4, -0.2) is 48.0 Å². The Morgan fingerprint density at radius 3 is 1.59 bits per heavy atom. The van der Waals surface area contributed by atoms with E-state index in [0.29, 0.717) is 11.8 Å². The molecule has 1 N–H and O–H groups in total. The molecule has 0 fully saturated rings. The molecule has 0 heterocycles. The Morgan fingerprint density at radius 2 is 1.12 bits per heavy atom. The number of nitrogens with zero attached hydrogens (tertiary/aromatic N) is 1. The molecule has 41 heavy (non-hydrogen) atoms. The number of Topliss-reactive ketones (excluding diaryl/α,β-unsaturated/α-hetero) is 1. The summed E-state index contributed by atoms with van der Waals surface area (Å²) in [6.45, 7) is 7.59. The molecule has 1 rings (SSSR count). The van der Waals surface area contributed by atoms with Crippen molar-refractivity contribution in [3.63, 3.8) is 0 Å². The van der Waals surface area contributed by atoms with Gasteiger partial charge in [0, 0.05) is 6.42 Å². The molecule has 0 radical (unpaired) electrons. The van der Waals surface area contributed by atoms with Crippen LogP contribution in [0.4, 0.5) is 0 Å². The highest BCUT2D eigenvalue weighted by atomic mass is 16.4. The minimum atomic E-state index is -1.18. The summed E-state index contributed by atoms with van der Waals surface area (Å²) in [4.78, 5) is 22.9. The summed E-state index contributed by atoms with van der Waals surface area (Å²) in [6, 6.07) is 6.19. The molecule has 0 aromatic heterocycles. The second-order valence-electron chi connectivity index (χ2n) is 12.6. The maximum atomic E-state index is 12.7. The van der Waals surface area contributed by atoms with Crippen molar-refractivity contribution in [1.29, 1.82) is 0 Å². The quantitative estimate of drug-likeness (QED) is 0.0930. The molecule has 0 bridgehead atoms. The second-order valence-corrected chi connectivity index (χ2v) is 12.6. The van der Waals surface area contributed by atoms with Crippen molar-refractivity contribution < 1.29 is 24.3 Å². The average Bonchev–Trinajstić information content (AvgIpc) is 2.93. The van der Waals surface area contributed by atoms with Crippen molar-refractivity contribution in [3.05, 3.63) is 29.8 Å². The number of quaternary nitrogens is 1. The molecule has 5 heteroatoms. The van der Waals surface area contributed by atoms with Crippen LogP contribution in [-0.2, 0) is 4.79 Å². The number of likely N-dealkylation sites (N-methyl/N-ethyl adjacent to an activating group) is 1. The number of hydrogen-bond acceptors (Lipinski definition) is 3. The van der Waals surface area contributed by atoms with Gasteiger partial charge in [0.05, 0.1) is 25.7 Å². The number of unbranched alkanes of at least 4 members (excludes halogenated alkanes) is 15. The van der Waals surface area contributed by atoms with Crippen LogP contribution in [0.1, 0.15) is 166 Å². The lowest BCUT2D eigenvalue weighted by molar-refractivity contribution is -0.908. The van der Waals surface area contributed by atoms with Crippen molar-refractivity contribution in [3.8, 4) is 5.75 Å². The molecule has 0 aliphatic heterocycles. The van der Waals surface area contributed by atoms with Crippen LogP contribution in [0.25, 0.3) is 0 Å². The van der Waals surface area contributed by atoms with Crippen LogP contribution in [0, 0.1) is 0 Å². The molecular weight excluding hydrogens is 510 g/mol. The number of para-hydroxylation sites is 1. The van der Waals surface area contributed by atoms with E-state index >= 15 is 0 Å². The highest BCUT2D eigenvalue weighted by molar-refractivity contribution is 5.90. The number of ketones is 1. The van der Waals surface area contributed by atoms with Crippen molar-refractivity contribution in [2.45, 2.75) is 162 Å². The maximum absolute atomic E-state index is 12.7. The van der Waals surface area contributed by atoms with Gasteiger partial charge in [-0.2, -0.15) is 0 Å². The topological polar surface area (TPSA) is 77.4 Å². The maximum Gasteiger partial charge on any atom is 0.335 e. The van der Waals surface area contributed by atoms with Crippen molar-refractivity contribution in [2.24, 2.45) is 0 Å². The first-order valence-corrected chi connectivity index (χ1v) is 17.0. The Balaban J connectivity index is 0.00000133. The van der Waals surface area contributed by atoms with Gasteiger partial charge in [0.15, 0.2) is 5.78 Å². The highest BCUT2D eigenvalue weighted by Crippen LogP contribution is 2.22. The fourth-order valence-electron chi connectivity index (χ4n) is 5.56. The van der Waals surface area contributed by atoms with Gasteiger partial charge >= 0.3 is 5.97 Å². The first kappa shape index (κ1) is 39.1. The van der Waals surface area contributed by atoms with Crippen LogP contribution in [0.3, 0.4) is 0 Å². The van der Waals surface area contributed by atoms with E-state index in [1.807, 2.05) is 0 Å². The largest absolute Gasteiger partial charge is 0.872 e. The average molecular weight is 576 g/mol. The molecule has 1 atom stereocenters. The number of hydrogen-bond donors (Lipinski definition) is 1. The van der Waals surface area contributed by atoms with Gasteiger partial charge in [-0.1, -0.05) is 141 Å². The SMILES string of the molecule is CCCCCCCCCCCC(CCCC)[N+](C)(C)CC(=O)CCCCCCCCC.O=C(O)c1ccccc1[O-]. The minimum absolute atomic E-state index is 0.178. The van der Waals surface area contributed by atoms with Crippen LogP contribution in [0.5, 0.6) is 5.75 Å². The molecule has 0 spiro atoms. The Kier molecular flexibility index (Phi) is 24.6. The van der Waals surface area contributed by atoms with Gasteiger partial charge in [0.25, 0.3) is 0 Å². The van der Waals surface area contributed by atoms with E-state index in [2.05, 4.69) is 34.9 Å². The van der Waals surface area contributed by atoms with Crippen molar-refractivity contribution >= 4 is 11.8 Å². The summed E-state index contributed by atoms with van der Waals surface area (Å²) >= 11 is 0. The van der Waals surface area contributed by atoms with Crippen LogP contribution in [0.2, 0.25) is 0 Å². The zero-order chi connectivity index (χ0) is 30.8. The van der Waals surface area contributed by atoms with Gasteiger partial charge in [-0.3, -0.25) is 4.79 Å². The summed E-state index contributed by atoms with van der Waals surface area (Å²) < 4.78 is 0.909. The molecule has 0 amide bonds. The fourth-order valence-corrected chi connectivity index (χ4v) is 5.56. The Labute approximate surface area is 253 Å². The molecule has 238 valence electrons. The summed E-state index contributed by atoms with van der Waals surface area (Å²) in [5, 5.41) is 19.0. The zero-order valence-corrected chi connectivity index (χ0v) is 27.6. The third kappa shape index (κ3) is 21.5. The van der Waals surface area contributed by atoms with E-state index in [0.717, 1.165) is 23.9 Å². The molecule has 0 saturated carbocycles. The van der Waals surface area contributed by atoms with Gasteiger partial charge < -0.3 is 14.7 Å². The number of carboxylic acids is 1. The van der Waals surface area contributed by atoms with E-state index in [4.69, 9.17) is 5.11 Å². The third-order valence-electron chi connectivity index (χ3n) is 8.28. The second kappa shape index (κ2) is 25.8. The van der Waals surface area contributed by atoms with Crippen molar-refractivity contribution in [1.82, 2.24) is 0 Å². The minimum Gasteiger partial charge on any atom is -0.872 e. The predicted octanol–water partition coefficient (Wildman–Crippen LogP) is 9.71. The third-order valence-corrected chi connectivity index (χ3v) is 8.28. The van der Waals surface area contributed by atoms with E-state index in [9.17, 15) is 14.7 Å². The number of carbonyl (C=O) groups is 2. The first-order valence-electron chi connectivity index (χ1n) is 17.0. The number of aromatic carboxylic acids is 1. The highest BCUT2D eigenvalue weighted by Gasteiger charge is 2.29. The summed E-state index contributed by atoms with van der Waals surface area (Å²) in [5.74, 6) is -1.13. The van der Waals surface area contributed by atoms with Gasteiger partial charge in [0.2, 0.25) is 0 Å². The van der Waals surface area contributed by atoms with Gasteiger partial charge in [-0.25, -0.2) is 4.79 Å². The lowest BCUT2D eigenvalue weighted by atomic mass is 9.98. The zero-order valence-electron chi connectivity index (χ0n) is 27.6. The van der Waals surface area contributed by atoms with E-state index in [1.165, 1.54) is 146 Å². The molecule has 5 nitrogen and oxygen atoms in total.